The van der Waals surface area contributed by atoms with Crippen LogP contribution in [0.3, 0.4) is 0 Å². The molecule has 1 aliphatic rings. The number of nitrogens with zero attached hydrogens (tertiary/aromatic N) is 6. The van der Waals surface area contributed by atoms with Gasteiger partial charge in [-0.25, -0.2) is 9.97 Å². The summed E-state index contributed by atoms with van der Waals surface area (Å²) in [5.74, 6) is 1.53. The molecule has 0 spiro atoms. The average Bonchev–Trinajstić information content (AvgIpc) is 3.46. The summed E-state index contributed by atoms with van der Waals surface area (Å²) in [4.78, 5) is 31.8. The van der Waals surface area contributed by atoms with Crippen molar-refractivity contribution in [2.45, 2.75) is 33.2 Å². The molecule has 0 N–H and O–H groups in total. The van der Waals surface area contributed by atoms with Gasteiger partial charge in [-0.3, -0.25) is 14.7 Å². The van der Waals surface area contributed by atoms with Gasteiger partial charge in [-0.15, -0.1) is 0 Å². The maximum absolute atomic E-state index is 13.2. The molecule has 0 aliphatic carbocycles. The van der Waals surface area contributed by atoms with Crippen LogP contribution in [-0.4, -0.2) is 68.9 Å². The second-order valence-corrected chi connectivity index (χ2v) is 11.5. The molecule has 0 unspecified atom stereocenters. The summed E-state index contributed by atoms with van der Waals surface area (Å²) in [6, 6.07) is 18.2. The predicted octanol–water partition coefficient (Wildman–Crippen LogP) is 5.57. The first-order chi connectivity index (χ1) is 20.9. The Bertz CT molecular complexity index is 1720. The van der Waals surface area contributed by atoms with Gasteiger partial charge in [0.15, 0.2) is 11.5 Å². The van der Waals surface area contributed by atoms with Gasteiger partial charge in [-0.05, 0) is 55.3 Å². The normalized spacial score (nSPS) is 14.2. The van der Waals surface area contributed by atoms with Crippen LogP contribution in [-0.2, 0) is 19.4 Å². The molecule has 1 saturated heterocycles. The Labute approximate surface area is 252 Å². The van der Waals surface area contributed by atoms with Gasteiger partial charge in [-0.1, -0.05) is 47.6 Å². The maximum Gasteiger partial charge on any atom is 0.171 e. The van der Waals surface area contributed by atoms with Crippen molar-refractivity contribution in [3.05, 3.63) is 119 Å². The van der Waals surface area contributed by atoms with Crippen LogP contribution in [0.15, 0.2) is 83.9 Å². The lowest BCUT2D eigenvalue weighted by atomic mass is 9.97. The highest BCUT2D eigenvalue weighted by atomic mass is 16.5. The number of Topliss-reactive ketones (excluding diaryl/α,β-unsaturated/α-hetero) is 1. The summed E-state index contributed by atoms with van der Waals surface area (Å²) < 4.78 is 5.41. The van der Waals surface area contributed by atoms with Gasteiger partial charge < -0.3 is 9.42 Å². The van der Waals surface area contributed by atoms with Crippen molar-refractivity contribution < 1.29 is 9.32 Å². The third kappa shape index (κ3) is 6.93. The van der Waals surface area contributed by atoms with E-state index < -0.39 is 0 Å². The molecule has 8 nitrogen and oxygen atoms in total. The zero-order chi connectivity index (χ0) is 29.8. The highest BCUT2D eigenvalue weighted by Crippen LogP contribution is 2.27. The van der Waals surface area contributed by atoms with E-state index in [-0.39, 0.29) is 5.78 Å². The van der Waals surface area contributed by atoms with Crippen LogP contribution in [0.2, 0.25) is 0 Å². The van der Waals surface area contributed by atoms with Crippen LogP contribution in [0.4, 0.5) is 0 Å². The molecular weight excluding hydrogens is 536 g/mol. The molecule has 0 radical (unpaired) electrons. The number of hydrogen-bond donors (Lipinski definition) is 0. The molecule has 0 amide bonds. The zero-order valence-corrected chi connectivity index (χ0v) is 25.0. The molecule has 0 saturated carbocycles. The number of likely N-dealkylation sites (N-methyl/N-ethyl adjacent to an activating group) is 1. The first-order valence-electron chi connectivity index (χ1n) is 14.7. The average molecular weight is 573 g/mol. The monoisotopic (exact) mass is 572 g/mol. The van der Waals surface area contributed by atoms with Gasteiger partial charge in [-0.2, -0.15) is 0 Å². The Kier molecular flexibility index (Phi) is 8.49. The smallest absolute Gasteiger partial charge is 0.171 e. The zero-order valence-electron chi connectivity index (χ0n) is 25.0. The minimum Gasteiger partial charge on any atom is -0.356 e. The summed E-state index contributed by atoms with van der Waals surface area (Å²) >= 11 is 0. The number of aromatic nitrogens is 4. The van der Waals surface area contributed by atoms with Crippen LogP contribution in [0.25, 0.3) is 22.6 Å². The van der Waals surface area contributed by atoms with Gasteiger partial charge in [0.2, 0.25) is 0 Å². The van der Waals surface area contributed by atoms with Crippen molar-refractivity contribution in [3.8, 4) is 22.6 Å². The van der Waals surface area contributed by atoms with Gasteiger partial charge in [0.1, 0.15) is 5.82 Å². The molecule has 0 bridgehead atoms. The molecular formula is C35H36N6O2. The van der Waals surface area contributed by atoms with E-state index in [4.69, 9.17) is 9.51 Å². The quantitative estimate of drug-likeness (QED) is 0.212. The third-order valence-corrected chi connectivity index (χ3v) is 8.15. The molecule has 1 fully saturated rings. The van der Waals surface area contributed by atoms with Crippen molar-refractivity contribution in [1.82, 2.24) is 29.9 Å². The molecule has 4 heterocycles. The first-order valence-corrected chi connectivity index (χ1v) is 14.7. The van der Waals surface area contributed by atoms with Crippen molar-refractivity contribution in [2.24, 2.45) is 0 Å². The Balaban J connectivity index is 1.13. The number of piperazine rings is 1. The first kappa shape index (κ1) is 28.6. The Morgan fingerprint density at radius 3 is 2.40 bits per heavy atom. The SMILES string of the molecule is Cc1ccc(CC(=O)c2ccc(CN3CCN(C)CC3)cc2)cc1Cc1nccc(-c2cncc(-c3oncc3C)c2)n1. The third-order valence-electron chi connectivity index (χ3n) is 8.15. The summed E-state index contributed by atoms with van der Waals surface area (Å²) in [5.41, 5.74) is 8.70. The van der Waals surface area contributed by atoms with E-state index in [0.29, 0.717) is 24.4 Å². The number of carbonyl (C=O) groups is 1. The minimum atomic E-state index is 0.119. The van der Waals surface area contributed by atoms with E-state index in [9.17, 15) is 4.79 Å². The fraction of sp³-hybridized carbons (Fsp3) is 0.286. The maximum atomic E-state index is 13.2. The molecule has 2 aromatic carbocycles. The second kappa shape index (κ2) is 12.8. The molecule has 0 atom stereocenters. The number of carbonyl (C=O) groups excluding carboxylic acids is 1. The van der Waals surface area contributed by atoms with Crippen molar-refractivity contribution in [3.63, 3.8) is 0 Å². The molecule has 6 rings (SSSR count). The summed E-state index contributed by atoms with van der Waals surface area (Å²) in [5, 5.41) is 3.88. The Hall–Kier alpha value is -4.53. The van der Waals surface area contributed by atoms with Gasteiger partial charge in [0.25, 0.3) is 0 Å². The van der Waals surface area contributed by atoms with E-state index in [1.54, 1.807) is 24.8 Å². The van der Waals surface area contributed by atoms with Crippen molar-refractivity contribution in [1.29, 1.82) is 0 Å². The van der Waals surface area contributed by atoms with E-state index in [1.165, 1.54) is 5.56 Å². The van der Waals surface area contributed by atoms with Gasteiger partial charge in [0.05, 0.1) is 11.9 Å². The van der Waals surface area contributed by atoms with E-state index >= 15 is 0 Å². The van der Waals surface area contributed by atoms with E-state index in [0.717, 1.165) is 77.4 Å². The summed E-state index contributed by atoms with van der Waals surface area (Å²) in [6.07, 6.45) is 7.94. The van der Waals surface area contributed by atoms with Gasteiger partial charge in [0, 0.05) is 86.4 Å². The number of benzene rings is 2. The minimum absolute atomic E-state index is 0.119. The number of hydrogen-bond acceptors (Lipinski definition) is 8. The lowest BCUT2D eigenvalue weighted by molar-refractivity contribution is 0.0993. The highest BCUT2D eigenvalue weighted by Gasteiger charge is 2.15. The van der Waals surface area contributed by atoms with Gasteiger partial charge >= 0.3 is 0 Å². The second-order valence-electron chi connectivity index (χ2n) is 11.5. The van der Waals surface area contributed by atoms with Crippen LogP contribution >= 0.6 is 0 Å². The molecule has 3 aromatic heterocycles. The Morgan fingerprint density at radius 1 is 0.860 bits per heavy atom. The number of pyridine rings is 1. The largest absolute Gasteiger partial charge is 0.356 e. The molecule has 8 heteroatoms. The topological polar surface area (TPSA) is 88.3 Å². The molecule has 218 valence electrons. The summed E-state index contributed by atoms with van der Waals surface area (Å²) in [7, 11) is 2.17. The molecule has 5 aromatic rings. The number of rotatable bonds is 9. The lowest BCUT2D eigenvalue weighted by Crippen LogP contribution is -2.43. The Morgan fingerprint density at radius 2 is 1.63 bits per heavy atom. The fourth-order valence-electron chi connectivity index (χ4n) is 5.46. The van der Waals surface area contributed by atoms with Crippen LogP contribution < -0.4 is 0 Å². The van der Waals surface area contributed by atoms with E-state index in [2.05, 4.69) is 63.2 Å². The highest BCUT2D eigenvalue weighted by molar-refractivity contribution is 5.97. The number of ketones is 1. The van der Waals surface area contributed by atoms with E-state index in [1.807, 2.05) is 37.3 Å². The summed E-state index contributed by atoms with van der Waals surface area (Å²) in [6.45, 7) is 9.32. The van der Waals surface area contributed by atoms with Crippen LogP contribution in [0.5, 0.6) is 0 Å². The molecule has 1 aliphatic heterocycles. The predicted molar refractivity (Wildman–Crippen MR) is 167 cm³/mol. The van der Waals surface area contributed by atoms with Crippen molar-refractivity contribution in [2.75, 3.05) is 33.2 Å². The van der Waals surface area contributed by atoms with Crippen LogP contribution in [0.1, 0.15) is 44.0 Å². The fourth-order valence-corrected chi connectivity index (χ4v) is 5.46. The van der Waals surface area contributed by atoms with Crippen LogP contribution in [0, 0.1) is 13.8 Å². The lowest BCUT2D eigenvalue weighted by Gasteiger charge is -2.32. The number of aryl methyl sites for hydroxylation is 2. The standard InChI is InChI=1S/C35H36N6O2/c1-24-4-5-27(17-33(42)28-8-6-26(7-9-28)23-41-14-12-40(3)13-15-41)16-29(24)19-34-37-11-10-32(39-34)30-18-31(22-36-21-30)35-25(2)20-38-43-35/h4-11,16,18,20-22H,12-15,17,19,23H2,1-3H3. The van der Waals surface area contributed by atoms with Crippen molar-refractivity contribution >= 4 is 5.78 Å². The molecule has 43 heavy (non-hydrogen) atoms.